The monoisotopic (exact) mass is 318 g/mol. The third kappa shape index (κ3) is 2.12. The van der Waals surface area contributed by atoms with Gasteiger partial charge in [0.1, 0.15) is 5.78 Å². The molecule has 2 heteroatoms. The number of carbonyl (C=O) groups excluding carboxylic acids is 1. The van der Waals surface area contributed by atoms with E-state index in [1.54, 1.807) is 6.92 Å². The summed E-state index contributed by atoms with van der Waals surface area (Å²) in [6.07, 6.45) is 9.54. The van der Waals surface area contributed by atoms with Crippen molar-refractivity contribution >= 4 is 5.78 Å². The van der Waals surface area contributed by atoms with Gasteiger partial charge < -0.3 is 5.11 Å². The van der Waals surface area contributed by atoms with Crippen LogP contribution in [-0.4, -0.2) is 16.5 Å². The van der Waals surface area contributed by atoms with Gasteiger partial charge in [-0.2, -0.15) is 0 Å². The van der Waals surface area contributed by atoms with E-state index in [0.29, 0.717) is 28.4 Å². The summed E-state index contributed by atoms with van der Waals surface area (Å²) in [4.78, 5) is 12.0. The summed E-state index contributed by atoms with van der Waals surface area (Å²) in [6, 6.07) is 0. The quantitative estimate of drug-likeness (QED) is 0.767. The molecule has 0 unspecified atom stereocenters. The van der Waals surface area contributed by atoms with E-state index in [-0.39, 0.29) is 0 Å². The summed E-state index contributed by atoms with van der Waals surface area (Å²) in [5.41, 5.74) is 0.306. The first-order valence-electron chi connectivity index (χ1n) is 9.90. The lowest BCUT2D eigenvalue weighted by atomic mass is 9.37. The van der Waals surface area contributed by atoms with Crippen LogP contribution in [0.2, 0.25) is 0 Å². The molecule has 0 aliphatic heterocycles. The predicted octanol–water partition coefficient (Wildman–Crippen LogP) is 4.60. The zero-order valence-corrected chi connectivity index (χ0v) is 15.4. The molecule has 8 atom stereocenters. The first-order valence-corrected chi connectivity index (χ1v) is 9.90. The van der Waals surface area contributed by atoms with Gasteiger partial charge in [0.05, 0.1) is 5.60 Å². The van der Waals surface area contributed by atoms with E-state index in [9.17, 15) is 9.90 Å². The van der Waals surface area contributed by atoms with Crippen molar-refractivity contribution in [2.24, 2.45) is 40.4 Å². The molecule has 2 nitrogen and oxygen atoms in total. The van der Waals surface area contributed by atoms with Crippen molar-refractivity contribution in [2.45, 2.75) is 84.7 Å². The van der Waals surface area contributed by atoms with E-state index >= 15 is 0 Å². The van der Waals surface area contributed by atoms with Gasteiger partial charge in [-0.25, -0.2) is 0 Å². The highest BCUT2D eigenvalue weighted by Gasteiger charge is 2.64. The van der Waals surface area contributed by atoms with Gasteiger partial charge in [0.15, 0.2) is 0 Å². The highest BCUT2D eigenvalue weighted by molar-refractivity contribution is 5.80. The Kier molecular flexibility index (Phi) is 3.39. The van der Waals surface area contributed by atoms with Crippen LogP contribution in [0.3, 0.4) is 0 Å². The first-order chi connectivity index (χ1) is 10.7. The number of ketones is 1. The van der Waals surface area contributed by atoms with Crippen LogP contribution >= 0.6 is 0 Å². The second kappa shape index (κ2) is 4.84. The lowest BCUT2D eigenvalue weighted by molar-refractivity contribution is -0.195. The van der Waals surface area contributed by atoms with Crippen LogP contribution in [0.5, 0.6) is 0 Å². The Morgan fingerprint density at radius 2 is 1.70 bits per heavy atom. The molecule has 0 bridgehead atoms. The Morgan fingerprint density at radius 3 is 2.39 bits per heavy atom. The average Bonchev–Trinajstić information content (AvgIpc) is 2.44. The maximum absolute atomic E-state index is 12.0. The second-order valence-electron chi connectivity index (χ2n) is 10.3. The van der Waals surface area contributed by atoms with E-state index < -0.39 is 5.60 Å². The largest absolute Gasteiger partial charge is 0.390 e. The third-order valence-electron chi connectivity index (χ3n) is 9.17. The first kappa shape index (κ1) is 16.1. The molecule has 130 valence electrons. The molecule has 4 aliphatic rings. The Balaban J connectivity index is 1.58. The van der Waals surface area contributed by atoms with E-state index in [1.807, 2.05) is 6.92 Å². The van der Waals surface area contributed by atoms with Crippen LogP contribution < -0.4 is 0 Å². The molecule has 0 aromatic carbocycles. The minimum absolute atomic E-state index is 0.302. The summed E-state index contributed by atoms with van der Waals surface area (Å²) in [7, 11) is 0. The topological polar surface area (TPSA) is 37.3 Å². The molecule has 4 saturated carbocycles. The molecule has 0 saturated heterocycles. The van der Waals surface area contributed by atoms with Gasteiger partial charge in [-0.15, -0.1) is 0 Å². The lowest BCUT2D eigenvalue weighted by Gasteiger charge is -2.67. The number of carbonyl (C=O) groups is 1. The molecule has 0 spiro atoms. The van der Waals surface area contributed by atoms with Crippen molar-refractivity contribution < 1.29 is 9.90 Å². The van der Waals surface area contributed by atoms with Crippen LogP contribution in [-0.2, 0) is 4.79 Å². The van der Waals surface area contributed by atoms with Crippen LogP contribution in [0, 0.1) is 40.4 Å². The van der Waals surface area contributed by atoms with Gasteiger partial charge in [0, 0.05) is 5.92 Å². The summed E-state index contributed by atoms with van der Waals surface area (Å²) < 4.78 is 0. The van der Waals surface area contributed by atoms with Gasteiger partial charge in [-0.05, 0) is 99.7 Å². The molecular weight excluding hydrogens is 284 g/mol. The van der Waals surface area contributed by atoms with Crippen molar-refractivity contribution in [1.82, 2.24) is 0 Å². The van der Waals surface area contributed by atoms with Crippen molar-refractivity contribution in [1.29, 1.82) is 0 Å². The zero-order valence-electron chi connectivity index (χ0n) is 15.4. The van der Waals surface area contributed by atoms with Crippen LogP contribution in [0.25, 0.3) is 0 Å². The van der Waals surface area contributed by atoms with Crippen LogP contribution in [0.1, 0.15) is 79.1 Å². The van der Waals surface area contributed by atoms with Crippen molar-refractivity contribution in [3.8, 4) is 0 Å². The maximum Gasteiger partial charge on any atom is 0.133 e. The maximum atomic E-state index is 12.0. The molecule has 0 amide bonds. The number of hydrogen-bond acceptors (Lipinski definition) is 2. The highest BCUT2D eigenvalue weighted by atomic mass is 16.3. The number of Topliss-reactive ketones (excluding diaryl/α,β-unsaturated/α-hetero) is 1. The molecule has 4 rings (SSSR count). The Hall–Kier alpha value is -0.370. The lowest BCUT2D eigenvalue weighted by Crippen LogP contribution is -2.62. The standard InChI is InChI=1S/C21H34O2/c1-13(22)17-11-18-15-6-5-14-12-19(2,23)9-10-20(14,3)16(15)7-8-21(17,18)4/h14-18,23H,5-12H2,1-4H3/t14-,15-,16+,17-,18+,19-,20+,21-/m1/s1. The molecule has 23 heavy (non-hydrogen) atoms. The van der Waals surface area contributed by atoms with Gasteiger partial charge in [0.2, 0.25) is 0 Å². The Morgan fingerprint density at radius 1 is 0.957 bits per heavy atom. The number of rotatable bonds is 1. The minimum atomic E-state index is -0.434. The van der Waals surface area contributed by atoms with E-state index in [0.717, 1.165) is 37.0 Å². The van der Waals surface area contributed by atoms with Crippen LogP contribution in [0.4, 0.5) is 0 Å². The predicted molar refractivity (Wildman–Crippen MR) is 91.9 cm³/mol. The summed E-state index contributed by atoms with van der Waals surface area (Å²) in [5.74, 6) is 3.94. The minimum Gasteiger partial charge on any atom is -0.390 e. The summed E-state index contributed by atoms with van der Waals surface area (Å²) >= 11 is 0. The SMILES string of the molecule is CC(=O)[C@H]1C[C@H]2[C@@H]3CC[C@@H]4C[C@](C)(O)CC[C@]4(C)[C@H]3CC[C@]12C. The van der Waals surface area contributed by atoms with Gasteiger partial charge in [-0.1, -0.05) is 13.8 Å². The molecular formula is C21H34O2. The van der Waals surface area contributed by atoms with Crippen molar-refractivity contribution in [3.05, 3.63) is 0 Å². The fourth-order valence-corrected chi connectivity index (χ4v) is 7.65. The number of hydrogen-bond donors (Lipinski definition) is 1. The number of fused-ring (bicyclic) bond motifs is 5. The third-order valence-corrected chi connectivity index (χ3v) is 9.17. The Bertz CT molecular complexity index is 524. The Labute approximate surface area is 141 Å². The van der Waals surface area contributed by atoms with Gasteiger partial charge in [0.25, 0.3) is 0 Å². The molecule has 1 N–H and O–H groups in total. The second-order valence-corrected chi connectivity index (χ2v) is 10.3. The molecule has 0 radical (unpaired) electrons. The zero-order chi connectivity index (χ0) is 16.6. The molecule has 4 aliphatic carbocycles. The fourth-order valence-electron chi connectivity index (χ4n) is 7.65. The smallest absolute Gasteiger partial charge is 0.133 e. The van der Waals surface area contributed by atoms with Crippen molar-refractivity contribution in [3.63, 3.8) is 0 Å². The fraction of sp³-hybridized carbons (Fsp3) is 0.952. The summed E-state index contributed by atoms with van der Waals surface area (Å²) in [6.45, 7) is 8.79. The highest BCUT2D eigenvalue weighted by Crippen LogP contribution is 2.70. The summed E-state index contributed by atoms with van der Waals surface area (Å²) in [5, 5.41) is 10.5. The average molecular weight is 319 g/mol. The van der Waals surface area contributed by atoms with Gasteiger partial charge in [-0.3, -0.25) is 4.79 Å². The molecule has 0 aromatic rings. The normalized spacial score (nSPS) is 58.4. The molecule has 0 aromatic heterocycles. The van der Waals surface area contributed by atoms with E-state index in [2.05, 4.69) is 13.8 Å². The van der Waals surface area contributed by atoms with Crippen molar-refractivity contribution in [2.75, 3.05) is 0 Å². The van der Waals surface area contributed by atoms with Gasteiger partial charge >= 0.3 is 0 Å². The number of aliphatic hydroxyl groups is 1. The molecule has 0 heterocycles. The van der Waals surface area contributed by atoms with Crippen LogP contribution in [0.15, 0.2) is 0 Å². The molecule has 4 fully saturated rings. The van der Waals surface area contributed by atoms with E-state index in [4.69, 9.17) is 0 Å². The van der Waals surface area contributed by atoms with E-state index in [1.165, 1.54) is 32.1 Å².